The number of aromatic nitrogens is 2. The fourth-order valence-electron chi connectivity index (χ4n) is 3.94. The van der Waals surface area contributed by atoms with Gasteiger partial charge in [-0.15, -0.1) is 11.3 Å². The number of nitrogens with one attached hydrogen (secondary N) is 3. The molecule has 8 nitrogen and oxygen atoms in total. The number of thiophene rings is 1. The van der Waals surface area contributed by atoms with Crippen LogP contribution in [0.4, 0.5) is 5.95 Å². The van der Waals surface area contributed by atoms with Crippen LogP contribution in [0.5, 0.6) is 0 Å². The van der Waals surface area contributed by atoms with Crippen molar-refractivity contribution in [1.29, 1.82) is 5.41 Å². The summed E-state index contributed by atoms with van der Waals surface area (Å²) in [5.74, 6) is 1.17. The molecule has 0 radical (unpaired) electrons. The van der Waals surface area contributed by atoms with Gasteiger partial charge in [0.2, 0.25) is 5.95 Å². The van der Waals surface area contributed by atoms with Gasteiger partial charge < -0.3 is 25.8 Å². The van der Waals surface area contributed by atoms with E-state index in [9.17, 15) is 4.79 Å². The summed E-state index contributed by atoms with van der Waals surface area (Å²) < 4.78 is 0. The first-order valence-corrected chi connectivity index (χ1v) is 11.3. The molecule has 4 rings (SSSR count). The summed E-state index contributed by atoms with van der Waals surface area (Å²) in [7, 11) is 3.91. The lowest BCUT2D eigenvalue weighted by atomic mass is 10.0. The van der Waals surface area contributed by atoms with Crippen molar-refractivity contribution in [1.82, 2.24) is 25.1 Å². The smallest absolute Gasteiger partial charge is 0.255 e. The molecular formula is C22H29N7OS. The van der Waals surface area contributed by atoms with Gasteiger partial charge in [0.25, 0.3) is 5.91 Å². The van der Waals surface area contributed by atoms with Crippen molar-refractivity contribution < 1.29 is 4.79 Å². The zero-order valence-corrected chi connectivity index (χ0v) is 19.2. The molecule has 0 atom stereocenters. The zero-order chi connectivity index (χ0) is 22.2. The summed E-state index contributed by atoms with van der Waals surface area (Å²) in [6.45, 7) is 5.90. The van der Waals surface area contributed by atoms with Crippen LogP contribution < -0.4 is 10.6 Å². The molecule has 31 heavy (non-hydrogen) atoms. The average Bonchev–Trinajstić information content (AvgIpc) is 3.47. The van der Waals surface area contributed by atoms with Gasteiger partial charge in [-0.2, -0.15) is 0 Å². The molecule has 0 bridgehead atoms. The van der Waals surface area contributed by atoms with E-state index in [1.54, 1.807) is 30.7 Å². The number of likely N-dealkylation sites (N-methyl/N-ethyl adjacent to an activating group) is 1. The molecule has 0 spiro atoms. The highest BCUT2D eigenvalue weighted by atomic mass is 32.1. The van der Waals surface area contributed by atoms with Crippen molar-refractivity contribution >= 4 is 29.4 Å². The van der Waals surface area contributed by atoms with Crippen LogP contribution in [0.1, 0.15) is 41.9 Å². The summed E-state index contributed by atoms with van der Waals surface area (Å²) in [6.07, 6.45) is 7.02. The predicted molar refractivity (Wildman–Crippen MR) is 125 cm³/mol. The van der Waals surface area contributed by atoms with Gasteiger partial charge in [0.1, 0.15) is 5.82 Å². The second kappa shape index (κ2) is 8.39. The molecule has 0 unspecified atom stereocenters. The van der Waals surface area contributed by atoms with Gasteiger partial charge in [0, 0.05) is 43.5 Å². The largest absolute Gasteiger partial charge is 0.375 e. The highest BCUT2D eigenvalue weighted by Crippen LogP contribution is 2.46. The van der Waals surface area contributed by atoms with Crippen LogP contribution in [0.25, 0.3) is 10.6 Å². The van der Waals surface area contributed by atoms with Crippen molar-refractivity contribution in [3.63, 3.8) is 0 Å². The number of hydrogen-bond donors (Lipinski definition) is 3. The lowest BCUT2D eigenvalue weighted by Gasteiger charge is -2.33. The molecule has 2 aromatic heterocycles. The van der Waals surface area contributed by atoms with E-state index < -0.39 is 0 Å². The van der Waals surface area contributed by atoms with E-state index in [4.69, 9.17) is 5.41 Å². The van der Waals surface area contributed by atoms with E-state index in [2.05, 4.69) is 46.4 Å². The van der Waals surface area contributed by atoms with E-state index in [0.717, 1.165) is 34.1 Å². The van der Waals surface area contributed by atoms with Gasteiger partial charge in [0.05, 0.1) is 21.7 Å². The molecule has 9 heteroatoms. The Morgan fingerprint density at radius 2 is 2.23 bits per heavy atom. The highest BCUT2D eigenvalue weighted by molar-refractivity contribution is 7.16. The molecule has 1 aliphatic heterocycles. The Labute approximate surface area is 186 Å². The van der Waals surface area contributed by atoms with Crippen LogP contribution in [-0.4, -0.2) is 65.1 Å². The quantitative estimate of drug-likeness (QED) is 0.520. The lowest BCUT2D eigenvalue weighted by Crippen LogP contribution is -2.43. The molecule has 2 aliphatic rings. The van der Waals surface area contributed by atoms with Gasteiger partial charge >= 0.3 is 0 Å². The number of allylic oxidation sites excluding steroid dienone is 1. The first-order valence-electron chi connectivity index (χ1n) is 10.5. The normalized spacial score (nSPS) is 17.8. The maximum absolute atomic E-state index is 13.2. The third-order valence-electron chi connectivity index (χ3n) is 5.96. The molecule has 2 aromatic rings. The molecule has 1 fully saturated rings. The van der Waals surface area contributed by atoms with Crippen molar-refractivity contribution in [3.05, 3.63) is 40.7 Å². The fourth-order valence-corrected chi connectivity index (χ4v) is 5.17. The van der Waals surface area contributed by atoms with Crippen LogP contribution >= 0.6 is 11.3 Å². The highest BCUT2D eigenvalue weighted by Gasteiger charge is 2.45. The topological polar surface area (TPSA) is 97.2 Å². The van der Waals surface area contributed by atoms with Crippen LogP contribution in [0, 0.1) is 5.41 Å². The van der Waals surface area contributed by atoms with Gasteiger partial charge in [-0.05, 0) is 51.9 Å². The average molecular weight is 440 g/mol. The van der Waals surface area contributed by atoms with Crippen LogP contribution in [-0.2, 0) is 5.54 Å². The Balaban J connectivity index is 1.54. The minimum Gasteiger partial charge on any atom is -0.375 e. The third kappa shape index (κ3) is 4.20. The standard InChI is InChI=1S/C22H29N7OS/c1-22(2)19-15(20(30)29(22)12-11-28(4)14-5-6-14)13-17(31-19)16-8-10-25-21(26-16)27-18(24-3)7-9-23/h7-10,13-14,23-24H,5-6,11-12H2,1-4H3,(H,25,26,27)/b18-7+,23-9?. The molecule has 164 valence electrons. The van der Waals surface area contributed by atoms with E-state index >= 15 is 0 Å². The molecule has 0 aromatic carbocycles. The number of amides is 1. The van der Waals surface area contributed by atoms with Gasteiger partial charge in [-0.3, -0.25) is 4.79 Å². The minimum absolute atomic E-state index is 0.102. The number of rotatable bonds is 9. The van der Waals surface area contributed by atoms with Crippen molar-refractivity contribution in [2.24, 2.45) is 0 Å². The first-order chi connectivity index (χ1) is 14.8. The van der Waals surface area contributed by atoms with E-state index in [-0.39, 0.29) is 11.4 Å². The van der Waals surface area contributed by atoms with Crippen molar-refractivity contribution in [2.75, 3.05) is 32.5 Å². The number of carbonyl (C=O) groups excluding carboxylic acids is 1. The van der Waals surface area contributed by atoms with Crippen LogP contribution in [0.3, 0.4) is 0 Å². The van der Waals surface area contributed by atoms with Crippen molar-refractivity contribution in [3.8, 4) is 10.6 Å². The summed E-state index contributed by atoms with van der Waals surface area (Å²) in [5, 5.41) is 13.2. The summed E-state index contributed by atoms with van der Waals surface area (Å²) in [4.78, 5) is 28.5. The number of nitrogens with zero attached hydrogens (tertiary/aromatic N) is 4. The summed E-state index contributed by atoms with van der Waals surface area (Å²) in [5.41, 5.74) is 1.22. The van der Waals surface area contributed by atoms with E-state index in [1.807, 2.05) is 17.0 Å². The van der Waals surface area contributed by atoms with Gasteiger partial charge in [-0.1, -0.05) is 0 Å². The number of fused-ring (bicyclic) bond motifs is 1. The lowest BCUT2D eigenvalue weighted by molar-refractivity contribution is 0.0594. The second-order valence-corrected chi connectivity index (χ2v) is 9.52. The predicted octanol–water partition coefficient (Wildman–Crippen LogP) is 3.11. The molecule has 1 amide bonds. The Morgan fingerprint density at radius 1 is 1.45 bits per heavy atom. The zero-order valence-electron chi connectivity index (χ0n) is 18.4. The fraction of sp³-hybridized carbons (Fsp3) is 0.455. The van der Waals surface area contributed by atoms with Crippen molar-refractivity contribution in [2.45, 2.75) is 38.3 Å². The monoisotopic (exact) mass is 439 g/mol. The molecule has 0 saturated heterocycles. The van der Waals surface area contributed by atoms with Gasteiger partial charge in [-0.25, -0.2) is 9.97 Å². The summed E-state index contributed by atoms with van der Waals surface area (Å²) in [6, 6.07) is 4.51. The molecule has 1 saturated carbocycles. The number of hydrogen-bond acceptors (Lipinski definition) is 8. The summed E-state index contributed by atoms with van der Waals surface area (Å²) >= 11 is 1.63. The second-order valence-electron chi connectivity index (χ2n) is 8.47. The molecule has 1 aliphatic carbocycles. The molecule has 3 heterocycles. The maximum atomic E-state index is 13.2. The molecule has 3 N–H and O–H groups in total. The Hall–Kier alpha value is -2.78. The number of anilines is 1. The first kappa shape index (κ1) is 21.5. The maximum Gasteiger partial charge on any atom is 0.255 e. The van der Waals surface area contributed by atoms with Gasteiger partial charge in [0.15, 0.2) is 0 Å². The number of carbonyl (C=O) groups is 1. The molecular weight excluding hydrogens is 410 g/mol. The Kier molecular flexibility index (Phi) is 5.81. The minimum atomic E-state index is -0.333. The Bertz CT molecular complexity index is 1020. The van der Waals surface area contributed by atoms with Crippen LogP contribution in [0.2, 0.25) is 0 Å². The SMILES string of the molecule is CN/C(=C\C=N)Nc1nccc(-c2cc3c(s2)C(C)(C)N(CCN(C)C2CC2)C3=O)n1. The third-order valence-corrected chi connectivity index (χ3v) is 7.43. The van der Waals surface area contributed by atoms with E-state index in [1.165, 1.54) is 19.1 Å². The van der Waals surface area contributed by atoms with E-state index in [0.29, 0.717) is 17.8 Å². The van der Waals surface area contributed by atoms with Crippen LogP contribution in [0.15, 0.2) is 30.2 Å². The Morgan fingerprint density at radius 3 is 2.87 bits per heavy atom.